The van der Waals surface area contributed by atoms with Crippen LogP contribution >= 0.6 is 11.3 Å². The Balaban J connectivity index is 1.41. The second kappa shape index (κ2) is 7.01. The smallest absolute Gasteiger partial charge is 0.273 e. The summed E-state index contributed by atoms with van der Waals surface area (Å²) < 4.78 is 6.04. The van der Waals surface area contributed by atoms with Gasteiger partial charge in [-0.2, -0.15) is 0 Å². The summed E-state index contributed by atoms with van der Waals surface area (Å²) in [6, 6.07) is 10.5. The first-order chi connectivity index (χ1) is 11.8. The molecule has 3 heterocycles. The van der Waals surface area contributed by atoms with E-state index < -0.39 is 0 Å². The number of thiazole rings is 1. The van der Waals surface area contributed by atoms with Crippen LogP contribution in [0.3, 0.4) is 0 Å². The third-order valence-corrected chi connectivity index (χ3v) is 5.38. The summed E-state index contributed by atoms with van der Waals surface area (Å²) in [5, 5.41) is 1.82. The van der Waals surface area contributed by atoms with E-state index in [1.54, 1.807) is 5.51 Å². The second-order valence-electron chi connectivity index (χ2n) is 6.47. The molecule has 2 aromatic rings. The molecule has 4 rings (SSSR count). The summed E-state index contributed by atoms with van der Waals surface area (Å²) in [4.78, 5) is 21.1. The summed E-state index contributed by atoms with van der Waals surface area (Å²) in [6.07, 6.45) is 0.224. The Hall–Kier alpha value is -1.76. The third-order valence-electron chi connectivity index (χ3n) is 4.79. The van der Waals surface area contributed by atoms with E-state index in [-0.39, 0.29) is 12.0 Å². The zero-order valence-electron chi connectivity index (χ0n) is 13.5. The van der Waals surface area contributed by atoms with Crippen LogP contribution in [0.4, 0.5) is 0 Å². The van der Waals surface area contributed by atoms with Crippen LogP contribution in [-0.2, 0) is 11.3 Å². The minimum absolute atomic E-state index is 0.0296. The van der Waals surface area contributed by atoms with Gasteiger partial charge < -0.3 is 9.64 Å². The van der Waals surface area contributed by atoms with Crippen LogP contribution in [0.2, 0.25) is 0 Å². The molecule has 2 saturated heterocycles. The van der Waals surface area contributed by atoms with Gasteiger partial charge in [-0.1, -0.05) is 30.3 Å². The normalized spacial score (nSPS) is 24.6. The molecule has 2 atom stereocenters. The van der Waals surface area contributed by atoms with Gasteiger partial charge in [-0.05, 0) is 5.56 Å². The molecule has 0 bridgehead atoms. The van der Waals surface area contributed by atoms with Crippen LogP contribution < -0.4 is 0 Å². The van der Waals surface area contributed by atoms with Crippen molar-refractivity contribution in [2.75, 3.05) is 32.8 Å². The number of hydrogen-bond donors (Lipinski definition) is 0. The number of benzene rings is 1. The van der Waals surface area contributed by atoms with Gasteiger partial charge in [0.05, 0.1) is 18.2 Å². The van der Waals surface area contributed by atoms with Crippen LogP contribution in [0, 0.1) is 5.92 Å². The van der Waals surface area contributed by atoms with Crippen molar-refractivity contribution in [2.24, 2.45) is 5.92 Å². The molecule has 2 fully saturated rings. The van der Waals surface area contributed by atoms with Gasteiger partial charge in [-0.3, -0.25) is 9.69 Å². The van der Waals surface area contributed by atoms with Crippen molar-refractivity contribution >= 4 is 17.2 Å². The largest absolute Gasteiger partial charge is 0.375 e. The fraction of sp³-hybridized carbons (Fsp3) is 0.444. The second-order valence-corrected chi connectivity index (χ2v) is 7.19. The first-order valence-electron chi connectivity index (χ1n) is 8.35. The molecule has 5 nitrogen and oxygen atoms in total. The molecular formula is C18H21N3O2S. The molecule has 0 saturated carbocycles. The number of ether oxygens (including phenoxy) is 1. The van der Waals surface area contributed by atoms with E-state index in [2.05, 4.69) is 34.1 Å². The molecule has 0 spiro atoms. The van der Waals surface area contributed by atoms with Gasteiger partial charge in [0.1, 0.15) is 5.69 Å². The minimum Gasteiger partial charge on any atom is -0.375 e. The van der Waals surface area contributed by atoms with Crippen molar-refractivity contribution in [3.63, 3.8) is 0 Å². The van der Waals surface area contributed by atoms with Crippen molar-refractivity contribution < 1.29 is 9.53 Å². The summed E-state index contributed by atoms with van der Waals surface area (Å²) in [5.41, 5.74) is 3.59. The number of likely N-dealkylation sites (tertiary alicyclic amines) is 1. The van der Waals surface area contributed by atoms with Crippen molar-refractivity contribution in [3.8, 4) is 0 Å². The minimum atomic E-state index is 0.0296. The number of amides is 1. The molecule has 2 aliphatic rings. The highest BCUT2D eigenvalue weighted by Gasteiger charge is 2.37. The maximum absolute atomic E-state index is 12.6. The summed E-state index contributed by atoms with van der Waals surface area (Å²) in [5.74, 6) is 0.404. The van der Waals surface area contributed by atoms with E-state index in [9.17, 15) is 4.79 Å². The topological polar surface area (TPSA) is 45.7 Å². The van der Waals surface area contributed by atoms with Crippen molar-refractivity contribution in [2.45, 2.75) is 12.6 Å². The fourth-order valence-corrected chi connectivity index (χ4v) is 4.14. The standard InChI is InChI=1S/C18H21N3O2S/c22-18(16-12-24-13-19-16)21-6-7-23-17-11-20(9-15(17)10-21)8-14-4-2-1-3-5-14/h1-5,12-13,15,17H,6-11H2/t15-,17-/m1/s1. The molecule has 0 unspecified atom stereocenters. The average Bonchev–Trinajstić information content (AvgIpc) is 3.21. The summed E-state index contributed by atoms with van der Waals surface area (Å²) in [7, 11) is 0. The van der Waals surface area contributed by atoms with E-state index in [1.807, 2.05) is 16.3 Å². The number of hydrogen-bond acceptors (Lipinski definition) is 5. The van der Waals surface area contributed by atoms with Gasteiger partial charge in [0.2, 0.25) is 0 Å². The lowest BCUT2D eigenvalue weighted by molar-refractivity contribution is 0.0501. The van der Waals surface area contributed by atoms with E-state index in [0.29, 0.717) is 24.8 Å². The highest BCUT2D eigenvalue weighted by Crippen LogP contribution is 2.25. The Labute approximate surface area is 145 Å². The lowest BCUT2D eigenvalue weighted by Crippen LogP contribution is -2.37. The maximum atomic E-state index is 12.6. The lowest BCUT2D eigenvalue weighted by Gasteiger charge is -2.23. The highest BCUT2D eigenvalue weighted by atomic mass is 32.1. The monoisotopic (exact) mass is 343 g/mol. The predicted octanol–water partition coefficient (Wildman–Crippen LogP) is 2.12. The zero-order chi connectivity index (χ0) is 16.4. The van der Waals surface area contributed by atoms with E-state index in [0.717, 1.165) is 26.2 Å². The molecule has 6 heteroatoms. The van der Waals surface area contributed by atoms with Crippen molar-refractivity contribution in [1.82, 2.24) is 14.8 Å². The van der Waals surface area contributed by atoms with Crippen LogP contribution in [0.1, 0.15) is 16.1 Å². The van der Waals surface area contributed by atoms with Crippen LogP contribution in [0.15, 0.2) is 41.2 Å². The molecular weight excluding hydrogens is 322 g/mol. The number of carbonyl (C=O) groups is 1. The summed E-state index contributed by atoms with van der Waals surface area (Å²) in [6.45, 7) is 4.88. The van der Waals surface area contributed by atoms with Gasteiger partial charge in [0.25, 0.3) is 5.91 Å². The molecule has 0 radical (unpaired) electrons. The zero-order valence-corrected chi connectivity index (χ0v) is 14.3. The van der Waals surface area contributed by atoms with Gasteiger partial charge in [-0.15, -0.1) is 11.3 Å². The molecule has 2 aliphatic heterocycles. The van der Waals surface area contributed by atoms with Crippen molar-refractivity contribution in [1.29, 1.82) is 0 Å². The fourth-order valence-electron chi connectivity index (χ4n) is 3.62. The van der Waals surface area contributed by atoms with Gasteiger partial charge >= 0.3 is 0 Å². The summed E-state index contributed by atoms with van der Waals surface area (Å²) >= 11 is 1.46. The number of fused-ring (bicyclic) bond motifs is 1. The Bertz CT molecular complexity index is 677. The number of rotatable bonds is 3. The molecule has 126 valence electrons. The van der Waals surface area contributed by atoms with Crippen LogP contribution in [0.25, 0.3) is 0 Å². The van der Waals surface area contributed by atoms with Gasteiger partial charge in [-0.25, -0.2) is 4.98 Å². The van der Waals surface area contributed by atoms with E-state index in [4.69, 9.17) is 4.74 Å². The molecule has 1 amide bonds. The maximum Gasteiger partial charge on any atom is 0.273 e. The van der Waals surface area contributed by atoms with Crippen LogP contribution in [-0.4, -0.2) is 59.6 Å². The Kier molecular flexibility index (Phi) is 4.60. The number of nitrogens with zero attached hydrogens (tertiary/aromatic N) is 3. The quantitative estimate of drug-likeness (QED) is 0.856. The van der Waals surface area contributed by atoms with E-state index in [1.165, 1.54) is 16.9 Å². The van der Waals surface area contributed by atoms with E-state index >= 15 is 0 Å². The Morgan fingerprint density at radius 2 is 2.12 bits per heavy atom. The lowest BCUT2D eigenvalue weighted by atomic mass is 10.1. The van der Waals surface area contributed by atoms with Crippen molar-refractivity contribution in [3.05, 3.63) is 52.5 Å². The molecule has 0 aliphatic carbocycles. The Morgan fingerprint density at radius 3 is 2.92 bits per heavy atom. The molecule has 1 aromatic heterocycles. The molecule has 1 aromatic carbocycles. The van der Waals surface area contributed by atoms with Gasteiger partial charge in [0, 0.05) is 44.0 Å². The highest BCUT2D eigenvalue weighted by molar-refractivity contribution is 7.07. The first-order valence-corrected chi connectivity index (χ1v) is 9.29. The van der Waals surface area contributed by atoms with Crippen LogP contribution in [0.5, 0.6) is 0 Å². The third kappa shape index (κ3) is 3.36. The predicted molar refractivity (Wildman–Crippen MR) is 93.0 cm³/mol. The average molecular weight is 343 g/mol. The number of carbonyl (C=O) groups excluding carboxylic acids is 1. The molecule has 0 N–H and O–H groups in total. The number of aromatic nitrogens is 1. The first kappa shape index (κ1) is 15.7. The SMILES string of the molecule is O=C(c1cscn1)N1CCO[C@@H]2CN(Cc3ccccc3)C[C@@H]2C1. The Morgan fingerprint density at radius 1 is 1.25 bits per heavy atom. The van der Waals surface area contributed by atoms with Gasteiger partial charge in [0.15, 0.2) is 0 Å². The molecule has 24 heavy (non-hydrogen) atoms.